The van der Waals surface area contributed by atoms with Crippen LogP contribution in [0, 0.1) is 11.8 Å². The first-order valence-corrected chi connectivity index (χ1v) is 5.91. The molecule has 4 atom stereocenters. The van der Waals surface area contributed by atoms with Crippen molar-refractivity contribution in [1.82, 2.24) is 5.32 Å². The van der Waals surface area contributed by atoms with Gasteiger partial charge in [0.1, 0.15) is 0 Å². The van der Waals surface area contributed by atoms with E-state index in [2.05, 4.69) is 33.0 Å². The van der Waals surface area contributed by atoms with Crippen molar-refractivity contribution in [3.63, 3.8) is 0 Å². The highest BCUT2D eigenvalue weighted by molar-refractivity contribution is 4.86. The number of hydrogen-bond donors (Lipinski definition) is 1. The summed E-state index contributed by atoms with van der Waals surface area (Å²) in [5, 5.41) is 3.76. The topological polar surface area (TPSA) is 12.0 Å². The first-order chi connectivity index (χ1) is 6.15. The standard InChI is InChI=1S/C12H25N/c1-5-6-10(3)13-12-8-7-9(2)11(12)4/h9-13H,5-8H2,1-4H3. The number of nitrogens with one attached hydrogen (secondary N) is 1. The van der Waals surface area contributed by atoms with Crippen molar-refractivity contribution < 1.29 is 0 Å². The Hall–Kier alpha value is -0.0400. The molecule has 0 amide bonds. The Kier molecular flexibility index (Phi) is 4.24. The highest BCUT2D eigenvalue weighted by Gasteiger charge is 2.29. The molecule has 0 bridgehead atoms. The molecule has 1 N–H and O–H groups in total. The molecule has 1 nitrogen and oxygen atoms in total. The van der Waals surface area contributed by atoms with Crippen molar-refractivity contribution in [2.75, 3.05) is 0 Å². The van der Waals surface area contributed by atoms with E-state index < -0.39 is 0 Å². The van der Waals surface area contributed by atoms with E-state index in [0.717, 1.165) is 17.9 Å². The second-order valence-electron chi connectivity index (χ2n) is 4.88. The Morgan fingerprint density at radius 1 is 1.31 bits per heavy atom. The van der Waals surface area contributed by atoms with Gasteiger partial charge in [-0.1, -0.05) is 27.2 Å². The van der Waals surface area contributed by atoms with Gasteiger partial charge in [0, 0.05) is 12.1 Å². The van der Waals surface area contributed by atoms with Crippen molar-refractivity contribution >= 4 is 0 Å². The zero-order valence-electron chi connectivity index (χ0n) is 9.64. The Balaban J connectivity index is 2.29. The Bertz CT molecular complexity index is 144. The zero-order valence-corrected chi connectivity index (χ0v) is 9.64. The highest BCUT2D eigenvalue weighted by atomic mass is 15.0. The molecule has 1 fully saturated rings. The minimum absolute atomic E-state index is 0.711. The molecule has 1 heteroatoms. The van der Waals surface area contributed by atoms with Crippen molar-refractivity contribution in [3.05, 3.63) is 0 Å². The van der Waals surface area contributed by atoms with E-state index in [4.69, 9.17) is 0 Å². The maximum atomic E-state index is 3.76. The average molecular weight is 183 g/mol. The van der Waals surface area contributed by atoms with E-state index in [1.807, 2.05) is 0 Å². The van der Waals surface area contributed by atoms with Crippen LogP contribution in [0.4, 0.5) is 0 Å². The van der Waals surface area contributed by atoms with Crippen LogP contribution in [0.15, 0.2) is 0 Å². The first-order valence-electron chi connectivity index (χ1n) is 5.91. The van der Waals surface area contributed by atoms with Gasteiger partial charge in [0.2, 0.25) is 0 Å². The molecule has 1 saturated carbocycles. The van der Waals surface area contributed by atoms with Crippen molar-refractivity contribution in [1.29, 1.82) is 0 Å². The van der Waals surface area contributed by atoms with Gasteiger partial charge >= 0.3 is 0 Å². The monoisotopic (exact) mass is 183 g/mol. The number of hydrogen-bond acceptors (Lipinski definition) is 1. The van der Waals surface area contributed by atoms with Crippen LogP contribution in [0.25, 0.3) is 0 Å². The van der Waals surface area contributed by atoms with Crippen LogP contribution in [-0.4, -0.2) is 12.1 Å². The molecule has 4 unspecified atom stereocenters. The maximum Gasteiger partial charge on any atom is 0.00978 e. The molecule has 1 aliphatic carbocycles. The van der Waals surface area contributed by atoms with Gasteiger partial charge in [-0.05, 0) is 38.0 Å². The van der Waals surface area contributed by atoms with Crippen LogP contribution >= 0.6 is 0 Å². The molecule has 1 rings (SSSR count). The molecule has 0 spiro atoms. The first kappa shape index (κ1) is 11.0. The quantitative estimate of drug-likeness (QED) is 0.706. The fourth-order valence-corrected chi connectivity index (χ4v) is 2.48. The summed E-state index contributed by atoms with van der Waals surface area (Å²) in [6.07, 6.45) is 5.41. The number of rotatable bonds is 4. The van der Waals surface area contributed by atoms with Gasteiger partial charge in [-0.25, -0.2) is 0 Å². The lowest BCUT2D eigenvalue weighted by Crippen LogP contribution is -2.38. The van der Waals surface area contributed by atoms with Gasteiger partial charge in [-0.3, -0.25) is 0 Å². The fourth-order valence-electron chi connectivity index (χ4n) is 2.48. The molecular weight excluding hydrogens is 158 g/mol. The van der Waals surface area contributed by atoms with Gasteiger partial charge in [0.05, 0.1) is 0 Å². The van der Waals surface area contributed by atoms with Gasteiger partial charge in [0.15, 0.2) is 0 Å². The molecule has 13 heavy (non-hydrogen) atoms. The molecule has 0 aliphatic heterocycles. The van der Waals surface area contributed by atoms with E-state index in [1.165, 1.54) is 25.7 Å². The lowest BCUT2D eigenvalue weighted by atomic mass is 9.97. The molecule has 1 aliphatic rings. The minimum atomic E-state index is 0.711. The predicted octanol–water partition coefficient (Wildman–Crippen LogP) is 3.20. The van der Waals surface area contributed by atoms with Gasteiger partial charge in [-0.2, -0.15) is 0 Å². The van der Waals surface area contributed by atoms with Crippen LogP contribution in [0.5, 0.6) is 0 Å². The van der Waals surface area contributed by atoms with Gasteiger partial charge < -0.3 is 5.32 Å². The molecule has 0 aromatic heterocycles. The summed E-state index contributed by atoms with van der Waals surface area (Å²) >= 11 is 0. The summed E-state index contributed by atoms with van der Waals surface area (Å²) in [5.41, 5.74) is 0. The third-order valence-electron chi connectivity index (χ3n) is 3.69. The molecule has 78 valence electrons. The maximum absolute atomic E-state index is 3.76. The second kappa shape index (κ2) is 4.99. The molecule has 0 heterocycles. The summed E-state index contributed by atoms with van der Waals surface area (Å²) in [7, 11) is 0. The average Bonchev–Trinajstić information content (AvgIpc) is 2.37. The van der Waals surface area contributed by atoms with Gasteiger partial charge in [0.25, 0.3) is 0 Å². The van der Waals surface area contributed by atoms with E-state index in [1.54, 1.807) is 0 Å². The summed E-state index contributed by atoms with van der Waals surface area (Å²) in [4.78, 5) is 0. The third kappa shape index (κ3) is 2.98. The summed E-state index contributed by atoms with van der Waals surface area (Å²) in [5.74, 6) is 1.80. The largest absolute Gasteiger partial charge is 0.311 e. The molecule has 0 radical (unpaired) electrons. The third-order valence-corrected chi connectivity index (χ3v) is 3.69. The Morgan fingerprint density at radius 2 is 2.00 bits per heavy atom. The Morgan fingerprint density at radius 3 is 2.46 bits per heavy atom. The van der Waals surface area contributed by atoms with Crippen LogP contribution in [0.1, 0.15) is 53.4 Å². The van der Waals surface area contributed by atoms with Crippen LogP contribution in [0.3, 0.4) is 0 Å². The summed E-state index contributed by atoms with van der Waals surface area (Å²) in [6, 6.07) is 1.50. The van der Waals surface area contributed by atoms with E-state index in [0.29, 0.717) is 6.04 Å². The van der Waals surface area contributed by atoms with Crippen molar-refractivity contribution in [2.45, 2.75) is 65.5 Å². The van der Waals surface area contributed by atoms with E-state index >= 15 is 0 Å². The fraction of sp³-hybridized carbons (Fsp3) is 1.00. The smallest absolute Gasteiger partial charge is 0.00978 e. The molecule has 0 saturated heterocycles. The van der Waals surface area contributed by atoms with E-state index in [9.17, 15) is 0 Å². The summed E-state index contributed by atoms with van der Waals surface area (Å²) in [6.45, 7) is 9.36. The summed E-state index contributed by atoms with van der Waals surface area (Å²) < 4.78 is 0. The molecule has 0 aromatic carbocycles. The lowest BCUT2D eigenvalue weighted by Gasteiger charge is -2.23. The van der Waals surface area contributed by atoms with Crippen LogP contribution < -0.4 is 5.32 Å². The van der Waals surface area contributed by atoms with E-state index in [-0.39, 0.29) is 0 Å². The van der Waals surface area contributed by atoms with Crippen molar-refractivity contribution in [3.8, 4) is 0 Å². The zero-order chi connectivity index (χ0) is 9.84. The van der Waals surface area contributed by atoms with Crippen LogP contribution in [-0.2, 0) is 0 Å². The Labute approximate surface area is 83.3 Å². The predicted molar refractivity (Wildman–Crippen MR) is 58.9 cm³/mol. The molecule has 0 aromatic rings. The SMILES string of the molecule is CCCC(C)NC1CCC(C)C1C. The lowest BCUT2D eigenvalue weighted by molar-refractivity contribution is 0.336. The minimum Gasteiger partial charge on any atom is -0.311 e. The highest BCUT2D eigenvalue weighted by Crippen LogP contribution is 2.31. The molecular formula is C12H25N. The second-order valence-corrected chi connectivity index (χ2v) is 4.88. The normalized spacial score (nSPS) is 36.5. The van der Waals surface area contributed by atoms with Crippen molar-refractivity contribution in [2.24, 2.45) is 11.8 Å². The van der Waals surface area contributed by atoms with Gasteiger partial charge in [-0.15, -0.1) is 0 Å². The van der Waals surface area contributed by atoms with Crippen LogP contribution in [0.2, 0.25) is 0 Å².